The second kappa shape index (κ2) is 8.68. The maximum Gasteiger partial charge on any atom is 0.238 e. The van der Waals surface area contributed by atoms with E-state index in [0.29, 0.717) is 31.1 Å². The number of fused-ring (bicyclic) bond motifs is 1. The summed E-state index contributed by atoms with van der Waals surface area (Å²) in [6.45, 7) is 1.79. The van der Waals surface area contributed by atoms with E-state index in [2.05, 4.69) is 20.2 Å². The Morgan fingerprint density at radius 3 is 2.66 bits per heavy atom. The van der Waals surface area contributed by atoms with E-state index in [0.717, 1.165) is 28.3 Å². The zero-order chi connectivity index (χ0) is 20.2. The molecule has 29 heavy (non-hydrogen) atoms. The van der Waals surface area contributed by atoms with Gasteiger partial charge < -0.3 is 15.0 Å². The number of hydrogen-bond donors (Lipinski definition) is 2. The number of aromatic amines is 1. The first-order valence-electron chi connectivity index (χ1n) is 9.52. The Bertz CT molecular complexity index is 969. The molecule has 1 unspecified atom stereocenters. The molecule has 150 valence electrons. The minimum atomic E-state index is -0.278. The fourth-order valence-corrected chi connectivity index (χ4v) is 3.71. The van der Waals surface area contributed by atoms with Crippen LogP contribution in [-0.4, -0.2) is 33.9 Å². The molecule has 1 atom stereocenters. The van der Waals surface area contributed by atoms with Crippen LogP contribution in [0.25, 0.3) is 0 Å². The molecule has 1 aliphatic rings. The Kier molecular flexibility index (Phi) is 5.83. The van der Waals surface area contributed by atoms with E-state index in [-0.39, 0.29) is 11.9 Å². The lowest BCUT2D eigenvalue weighted by Crippen LogP contribution is -2.49. The number of hydrogen-bond acceptors (Lipinski definition) is 4. The van der Waals surface area contributed by atoms with Crippen LogP contribution in [0.5, 0.6) is 5.75 Å². The predicted octanol–water partition coefficient (Wildman–Crippen LogP) is 3.32. The Morgan fingerprint density at radius 2 is 1.93 bits per heavy atom. The Hall–Kier alpha value is -2.83. The maximum atomic E-state index is 13.0. The third-order valence-electron chi connectivity index (χ3n) is 5.22. The molecule has 1 amide bonds. The lowest BCUT2D eigenvalue weighted by atomic mass is 10.0. The number of aromatic nitrogens is 2. The maximum absolute atomic E-state index is 13.0. The molecule has 7 heteroatoms. The predicted molar refractivity (Wildman–Crippen MR) is 112 cm³/mol. The molecule has 0 bridgehead atoms. The van der Waals surface area contributed by atoms with Crippen molar-refractivity contribution < 1.29 is 9.53 Å². The molecular formula is C22H23ClN4O2. The summed E-state index contributed by atoms with van der Waals surface area (Å²) in [4.78, 5) is 22.8. The van der Waals surface area contributed by atoms with Gasteiger partial charge in [0.15, 0.2) is 0 Å². The van der Waals surface area contributed by atoms with Crippen LogP contribution in [0.15, 0.2) is 54.9 Å². The van der Waals surface area contributed by atoms with Crippen LogP contribution in [0.3, 0.4) is 0 Å². The van der Waals surface area contributed by atoms with Gasteiger partial charge in [0.05, 0.1) is 30.9 Å². The zero-order valence-electron chi connectivity index (χ0n) is 16.2. The molecule has 0 spiro atoms. The Balaban J connectivity index is 1.46. The lowest BCUT2D eigenvalue weighted by molar-refractivity contribution is -0.127. The summed E-state index contributed by atoms with van der Waals surface area (Å²) in [6.07, 6.45) is 2.28. The van der Waals surface area contributed by atoms with E-state index < -0.39 is 0 Å². The number of methoxy groups -OCH3 is 1. The SMILES string of the molecule is COc1ccc(CNC(=O)C2Cc3nc[nH]c3CN2Cc2ccc(Cl)cc2)cc1. The standard InChI is InChI=1S/C22H23ClN4O2/c1-29-18-8-4-15(5-9-18)11-24-22(28)21-10-19-20(26-14-25-19)13-27(21)12-16-2-6-17(23)7-3-16/h2-9,14,21H,10-13H2,1H3,(H,24,28)(H,25,26). The van der Waals surface area contributed by atoms with Crippen molar-refractivity contribution in [2.24, 2.45) is 0 Å². The smallest absolute Gasteiger partial charge is 0.238 e. The van der Waals surface area contributed by atoms with Gasteiger partial charge in [-0.25, -0.2) is 4.98 Å². The quantitative estimate of drug-likeness (QED) is 0.654. The zero-order valence-corrected chi connectivity index (χ0v) is 16.9. The summed E-state index contributed by atoms with van der Waals surface area (Å²) < 4.78 is 5.18. The van der Waals surface area contributed by atoms with Crippen molar-refractivity contribution in [2.75, 3.05) is 7.11 Å². The van der Waals surface area contributed by atoms with Gasteiger partial charge in [0.2, 0.25) is 5.91 Å². The molecule has 0 fully saturated rings. The van der Waals surface area contributed by atoms with Gasteiger partial charge in [-0.3, -0.25) is 9.69 Å². The van der Waals surface area contributed by atoms with Crippen molar-refractivity contribution in [3.63, 3.8) is 0 Å². The van der Waals surface area contributed by atoms with E-state index in [1.165, 1.54) is 0 Å². The first kappa shape index (κ1) is 19.5. The minimum absolute atomic E-state index is 0.00318. The summed E-state index contributed by atoms with van der Waals surface area (Å²) in [5.74, 6) is 0.802. The monoisotopic (exact) mass is 410 g/mol. The van der Waals surface area contributed by atoms with Gasteiger partial charge in [-0.15, -0.1) is 0 Å². The summed E-state index contributed by atoms with van der Waals surface area (Å²) in [6, 6.07) is 15.2. The van der Waals surface area contributed by atoms with Crippen molar-refractivity contribution in [2.45, 2.75) is 32.1 Å². The number of nitrogens with zero attached hydrogens (tertiary/aromatic N) is 2. The number of imidazole rings is 1. The van der Waals surface area contributed by atoms with Gasteiger partial charge in [-0.1, -0.05) is 35.9 Å². The second-order valence-electron chi connectivity index (χ2n) is 7.15. The number of H-pyrrole nitrogens is 1. The first-order valence-corrected chi connectivity index (χ1v) is 9.90. The van der Waals surface area contributed by atoms with Crippen LogP contribution in [0.2, 0.25) is 5.02 Å². The number of rotatable bonds is 6. The van der Waals surface area contributed by atoms with Gasteiger partial charge in [-0.2, -0.15) is 0 Å². The normalized spacial score (nSPS) is 16.3. The number of nitrogens with one attached hydrogen (secondary N) is 2. The number of benzene rings is 2. The van der Waals surface area contributed by atoms with Crippen LogP contribution in [0.4, 0.5) is 0 Å². The van der Waals surface area contributed by atoms with Crippen molar-refractivity contribution in [3.05, 3.63) is 82.4 Å². The van der Waals surface area contributed by atoms with E-state index in [4.69, 9.17) is 16.3 Å². The van der Waals surface area contributed by atoms with Crippen LogP contribution >= 0.6 is 11.6 Å². The van der Waals surface area contributed by atoms with Crippen LogP contribution in [-0.2, 0) is 30.8 Å². The van der Waals surface area contributed by atoms with Gasteiger partial charge in [0.25, 0.3) is 0 Å². The number of amides is 1. The van der Waals surface area contributed by atoms with Crippen LogP contribution < -0.4 is 10.1 Å². The third-order valence-corrected chi connectivity index (χ3v) is 5.48. The van der Waals surface area contributed by atoms with Crippen LogP contribution in [0, 0.1) is 0 Å². The summed E-state index contributed by atoms with van der Waals surface area (Å²) >= 11 is 6.01. The number of carbonyl (C=O) groups is 1. The molecule has 1 aliphatic heterocycles. The van der Waals surface area contributed by atoms with E-state index in [1.807, 2.05) is 48.5 Å². The van der Waals surface area contributed by atoms with E-state index >= 15 is 0 Å². The van der Waals surface area contributed by atoms with Gasteiger partial charge in [0, 0.05) is 31.1 Å². The molecule has 0 radical (unpaired) electrons. The first-order chi connectivity index (χ1) is 14.1. The van der Waals surface area contributed by atoms with Gasteiger partial charge in [-0.05, 0) is 35.4 Å². The number of halogens is 1. The molecule has 2 heterocycles. The summed E-state index contributed by atoms with van der Waals surface area (Å²) in [5, 5.41) is 3.78. The minimum Gasteiger partial charge on any atom is -0.497 e. The fourth-order valence-electron chi connectivity index (χ4n) is 3.59. The number of ether oxygens (including phenoxy) is 1. The van der Waals surface area contributed by atoms with Gasteiger partial charge >= 0.3 is 0 Å². The molecule has 4 rings (SSSR count). The summed E-state index contributed by atoms with van der Waals surface area (Å²) in [7, 11) is 1.64. The Labute approximate surface area is 174 Å². The topological polar surface area (TPSA) is 70.2 Å². The van der Waals surface area contributed by atoms with E-state index in [9.17, 15) is 4.79 Å². The largest absolute Gasteiger partial charge is 0.497 e. The van der Waals surface area contributed by atoms with Crippen LogP contribution in [0.1, 0.15) is 22.5 Å². The highest BCUT2D eigenvalue weighted by molar-refractivity contribution is 6.30. The molecule has 0 saturated carbocycles. The van der Waals surface area contributed by atoms with Crippen molar-refractivity contribution in [1.82, 2.24) is 20.2 Å². The van der Waals surface area contributed by atoms with Crippen molar-refractivity contribution in [3.8, 4) is 5.75 Å². The molecular weight excluding hydrogens is 388 g/mol. The van der Waals surface area contributed by atoms with Crippen molar-refractivity contribution >= 4 is 17.5 Å². The highest BCUT2D eigenvalue weighted by atomic mass is 35.5. The Morgan fingerprint density at radius 1 is 1.21 bits per heavy atom. The number of carbonyl (C=O) groups excluding carboxylic acids is 1. The lowest BCUT2D eigenvalue weighted by Gasteiger charge is -2.34. The fraction of sp³-hybridized carbons (Fsp3) is 0.273. The average molecular weight is 411 g/mol. The highest BCUT2D eigenvalue weighted by Crippen LogP contribution is 2.23. The summed E-state index contributed by atoms with van der Waals surface area (Å²) in [5.41, 5.74) is 4.17. The highest BCUT2D eigenvalue weighted by Gasteiger charge is 2.32. The molecule has 0 saturated heterocycles. The molecule has 1 aromatic heterocycles. The molecule has 2 N–H and O–H groups in total. The van der Waals surface area contributed by atoms with E-state index in [1.54, 1.807) is 13.4 Å². The third kappa shape index (κ3) is 4.60. The average Bonchev–Trinajstić information content (AvgIpc) is 3.21. The van der Waals surface area contributed by atoms with Gasteiger partial charge in [0.1, 0.15) is 5.75 Å². The van der Waals surface area contributed by atoms with Crippen molar-refractivity contribution in [1.29, 1.82) is 0 Å². The molecule has 6 nitrogen and oxygen atoms in total. The molecule has 3 aromatic rings. The molecule has 2 aromatic carbocycles. The second-order valence-corrected chi connectivity index (χ2v) is 7.58. The molecule has 0 aliphatic carbocycles.